The number of nitrogens with zero attached hydrogens (tertiary/aromatic N) is 1. The smallest absolute Gasteiger partial charge is 0.252 e. The maximum absolute atomic E-state index is 12.3. The molecule has 0 saturated carbocycles. The number of methoxy groups -OCH3 is 1. The molecule has 0 bridgehead atoms. The minimum Gasteiger partial charge on any atom is -0.496 e. The molecule has 28 heavy (non-hydrogen) atoms. The molecule has 0 saturated heterocycles. The number of carbonyl (C=O) groups is 1. The molecule has 0 fully saturated rings. The van der Waals surface area contributed by atoms with Crippen molar-refractivity contribution in [2.75, 3.05) is 19.0 Å². The lowest BCUT2D eigenvalue weighted by molar-refractivity contribution is 0.0953. The highest BCUT2D eigenvalue weighted by molar-refractivity contribution is 5.94. The van der Waals surface area contributed by atoms with Gasteiger partial charge in [0.15, 0.2) is 0 Å². The van der Waals surface area contributed by atoms with E-state index in [0.717, 1.165) is 17.1 Å². The molecule has 0 atom stereocenters. The second-order valence-corrected chi connectivity index (χ2v) is 6.59. The number of carbonyl (C=O) groups excluding carboxylic acids is 1. The first-order chi connectivity index (χ1) is 13.7. The average Bonchev–Trinajstić information content (AvgIpc) is 2.73. The number of anilines is 1. The summed E-state index contributed by atoms with van der Waals surface area (Å²) >= 11 is 0. The van der Waals surface area contributed by atoms with Crippen LogP contribution in [-0.2, 0) is 13.0 Å². The molecule has 0 aliphatic heterocycles. The minimum absolute atomic E-state index is 0.132. The minimum atomic E-state index is -0.132. The van der Waals surface area contributed by atoms with Gasteiger partial charge in [-0.2, -0.15) is 0 Å². The van der Waals surface area contributed by atoms with Gasteiger partial charge in [-0.25, -0.2) is 4.98 Å². The second-order valence-electron chi connectivity index (χ2n) is 6.59. The molecule has 3 aromatic rings. The lowest BCUT2D eigenvalue weighted by Gasteiger charge is -2.10. The first-order valence-corrected chi connectivity index (χ1v) is 9.31. The molecule has 1 aromatic heterocycles. The Labute approximate surface area is 165 Å². The van der Waals surface area contributed by atoms with Crippen LogP contribution in [0.25, 0.3) is 0 Å². The van der Waals surface area contributed by atoms with Crippen molar-refractivity contribution in [3.05, 3.63) is 89.1 Å². The van der Waals surface area contributed by atoms with E-state index in [0.29, 0.717) is 25.1 Å². The Morgan fingerprint density at radius 1 is 1.07 bits per heavy atom. The van der Waals surface area contributed by atoms with Gasteiger partial charge in [-0.1, -0.05) is 48.0 Å². The molecule has 0 aliphatic carbocycles. The highest BCUT2D eigenvalue weighted by atomic mass is 16.5. The third-order valence-electron chi connectivity index (χ3n) is 4.45. The van der Waals surface area contributed by atoms with Crippen molar-refractivity contribution < 1.29 is 9.53 Å². The van der Waals surface area contributed by atoms with E-state index in [9.17, 15) is 4.79 Å². The largest absolute Gasteiger partial charge is 0.496 e. The van der Waals surface area contributed by atoms with Crippen molar-refractivity contribution in [2.24, 2.45) is 0 Å². The zero-order chi connectivity index (χ0) is 19.8. The summed E-state index contributed by atoms with van der Waals surface area (Å²) in [7, 11) is 1.65. The molecular weight excluding hydrogens is 350 g/mol. The standard InChI is InChI=1S/C23H25N3O2/c1-17-6-5-7-18(14-17)15-25-22-11-10-20(16-26-22)23(27)24-13-12-19-8-3-4-9-21(19)28-2/h3-11,14,16H,12-13,15H2,1-2H3,(H,24,27)(H,25,26). The van der Waals surface area contributed by atoms with Crippen molar-refractivity contribution >= 4 is 11.7 Å². The highest BCUT2D eigenvalue weighted by Gasteiger charge is 2.07. The van der Waals surface area contributed by atoms with Gasteiger partial charge in [0.2, 0.25) is 0 Å². The average molecular weight is 375 g/mol. The van der Waals surface area contributed by atoms with Crippen LogP contribution in [0.15, 0.2) is 66.9 Å². The van der Waals surface area contributed by atoms with Crippen LogP contribution in [0.3, 0.4) is 0 Å². The molecule has 2 N–H and O–H groups in total. The summed E-state index contributed by atoms with van der Waals surface area (Å²) < 4.78 is 5.33. The molecule has 5 nitrogen and oxygen atoms in total. The van der Waals surface area contributed by atoms with Crippen LogP contribution in [0.2, 0.25) is 0 Å². The van der Waals surface area contributed by atoms with Gasteiger partial charge in [-0.05, 0) is 42.7 Å². The Bertz CT molecular complexity index is 923. The predicted molar refractivity (Wildman–Crippen MR) is 112 cm³/mol. The number of rotatable bonds is 8. The number of hydrogen-bond acceptors (Lipinski definition) is 4. The van der Waals surface area contributed by atoms with E-state index in [1.807, 2.05) is 36.4 Å². The number of hydrogen-bond donors (Lipinski definition) is 2. The molecule has 0 aliphatic rings. The van der Waals surface area contributed by atoms with Gasteiger partial charge in [0.05, 0.1) is 12.7 Å². The predicted octanol–water partition coefficient (Wildman–Crippen LogP) is 3.98. The number of aromatic nitrogens is 1. The van der Waals surface area contributed by atoms with Crippen LogP contribution >= 0.6 is 0 Å². The molecule has 5 heteroatoms. The van der Waals surface area contributed by atoms with E-state index in [2.05, 4.69) is 40.7 Å². The van der Waals surface area contributed by atoms with Crippen molar-refractivity contribution in [3.8, 4) is 5.75 Å². The van der Waals surface area contributed by atoms with Gasteiger partial charge >= 0.3 is 0 Å². The Kier molecular flexibility index (Phi) is 6.63. The Morgan fingerprint density at radius 2 is 1.93 bits per heavy atom. The van der Waals surface area contributed by atoms with E-state index < -0.39 is 0 Å². The first kappa shape index (κ1) is 19.4. The number of aryl methyl sites for hydroxylation is 1. The van der Waals surface area contributed by atoms with Crippen molar-refractivity contribution in [3.63, 3.8) is 0 Å². The van der Waals surface area contributed by atoms with Crippen LogP contribution in [0.5, 0.6) is 5.75 Å². The normalized spacial score (nSPS) is 10.4. The molecule has 0 unspecified atom stereocenters. The van der Waals surface area contributed by atoms with E-state index in [1.54, 1.807) is 19.4 Å². The van der Waals surface area contributed by atoms with E-state index in [-0.39, 0.29) is 5.91 Å². The highest BCUT2D eigenvalue weighted by Crippen LogP contribution is 2.17. The topological polar surface area (TPSA) is 63.2 Å². The third kappa shape index (κ3) is 5.33. The molecular formula is C23H25N3O2. The summed E-state index contributed by atoms with van der Waals surface area (Å²) in [6, 6.07) is 19.7. The molecule has 0 radical (unpaired) electrons. The van der Waals surface area contributed by atoms with Crippen LogP contribution < -0.4 is 15.4 Å². The van der Waals surface area contributed by atoms with Crippen LogP contribution in [0.4, 0.5) is 5.82 Å². The fourth-order valence-electron chi connectivity index (χ4n) is 2.97. The van der Waals surface area contributed by atoms with Gasteiger partial charge in [0.25, 0.3) is 5.91 Å². The Balaban J connectivity index is 1.49. The summed E-state index contributed by atoms with van der Waals surface area (Å²) in [5, 5.41) is 6.20. The van der Waals surface area contributed by atoms with Crippen LogP contribution in [0.1, 0.15) is 27.0 Å². The SMILES string of the molecule is COc1ccccc1CCNC(=O)c1ccc(NCc2cccc(C)c2)nc1. The zero-order valence-corrected chi connectivity index (χ0v) is 16.2. The molecule has 144 valence electrons. The summed E-state index contributed by atoms with van der Waals surface area (Å²) in [4.78, 5) is 16.7. The van der Waals surface area contributed by atoms with Crippen molar-refractivity contribution in [1.29, 1.82) is 0 Å². The fraction of sp³-hybridized carbons (Fsp3) is 0.217. The summed E-state index contributed by atoms with van der Waals surface area (Å²) in [5.74, 6) is 1.45. The van der Waals surface area contributed by atoms with Gasteiger partial charge in [-0.15, -0.1) is 0 Å². The summed E-state index contributed by atoms with van der Waals surface area (Å²) in [6.07, 6.45) is 2.30. The molecule has 1 amide bonds. The number of nitrogens with one attached hydrogen (secondary N) is 2. The lowest BCUT2D eigenvalue weighted by Crippen LogP contribution is -2.25. The zero-order valence-electron chi connectivity index (χ0n) is 16.2. The van der Waals surface area contributed by atoms with Crippen molar-refractivity contribution in [1.82, 2.24) is 10.3 Å². The van der Waals surface area contributed by atoms with Crippen LogP contribution in [-0.4, -0.2) is 24.5 Å². The maximum Gasteiger partial charge on any atom is 0.252 e. The second kappa shape index (κ2) is 9.55. The Hall–Kier alpha value is -3.34. The van der Waals surface area contributed by atoms with Gasteiger partial charge in [-0.3, -0.25) is 4.79 Å². The van der Waals surface area contributed by atoms with Crippen molar-refractivity contribution in [2.45, 2.75) is 19.9 Å². The number of ether oxygens (including phenoxy) is 1. The van der Waals surface area contributed by atoms with Gasteiger partial charge in [0.1, 0.15) is 11.6 Å². The number of pyridine rings is 1. The molecule has 2 aromatic carbocycles. The molecule has 0 spiro atoms. The van der Waals surface area contributed by atoms with Crippen LogP contribution in [0, 0.1) is 6.92 Å². The van der Waals surface area contributed by atoms with E-state index in [4.69, 9.17) is 4.74 Å². The summed E-state index contributed by atoms with van der Waals surface area (Å²) in [5.41, 5.74) is 4.03. The van der Waals surface area contributed by atoms with Gasteiger partial charge < -0.3 is 15.4 Å². The monoisotopic (exact) mass is 375 g/mol. The number of benzene rings is 2. The number of para-hydroxylation sites is 1. The van der Waals surface area contributed by atoms with Gasteiger partial charge in [0, 0.05) is 19.3 Å². The van der Waals surface area contributed by atoms with E-state index >= 15 is 0 Å². The first-order valence-electron chi connectivity index (χ1n) is 9.31. The quantitative estimate of drug-likeness (QED) is 0.625. The molecule has 3 rings (SSSR count). The number of amides is 1. The fourth-order valence-corrected chi connectivity index (χ4v) is 2.97. The maximum atomic E-state index is 12.3. The summed E-state index contributed by atoms with van der Waals surface area (Å²) in [6.45, 7) is 3.30. The Morgan fingerprint density at radius 3 is 2.68 bits per heavy atom. The molecule has 1 heterocycles. The van der Waals surface area contributed by atoms with E-state index in [1.165, 1.54) is 11.1 Å². The lowest BCUT2D eigenvalue weighted by atomic mass is 10.1. The third-order valence-corrected chi connectivity index (χ3v) is 4.45.